The molecule has 1 aromatic heterocycles. The molecule has 0 saturated heterocycles. The van der Waals surface area contributed by atoms with Gasteiger partial charge in [0.25, 0.3) is 0 Å². The van der Waals surface area contributed by atoms with Crippen molar-refractivity contribution < 1.29 is 4.65 Å². The summed E-state index contributed by atoms with van der Waals surface area (Å²) in [5, 5.41) is 1.54. The molecule has 1 aliphatic heterocycles. The summed E-state index contributed by atoms with van der Waals surface area (Å²) in [6, 6.07) is 19.1. The van der Waals surface area contributed by atoms with E-state index in [0.29, 0.717) is 0 Å². The summed E-state index contributed by atoms with van der Waals surface area (Å²) < 4.78 is 8.30. The second kappa shape index (κ2) is 6.82. The summed E-state index contributed by atoms with van der Waals surface area (Å²) in [6.07, 6.45) is 0. The molecular weight excluding hydrogens is 393 g/mol. The Balaban J connectivity index is 2.05. The number of fused-ring (bicyclic) bond motifs is 4. The van der Waals surface area contributed by atoms with E-state index in [9.17, 15) is 4.79 Å². The third-order valence-corrected chi connectivity index (χ3v) is 6.80. The standard InChI is InChI=1S/C28H30BNO2/c1-27(2,3)17-12-13-23-19(14-17)26(31)20-15-18(28(4,5)6)16-22-25(20)30(23)24-11-9-8-10-21(24)29(22)32-7/h8-16H,1-7H3. The third kappa shape index (κ3) is 2.96. The summed E-state index contributed by atoms with van der Waals surface area (Å²) >= 11 is 0. The first-order valence-electron chi connectivity index (χ1n) is 11.3. The van der Waals surface area contributed by atoms with Crippen LogP contribution in [0.4, 0.5) is 0 Å². The van der Waals surface area contributed by atoms with Crippen molar-refractivity contribution in [2.45, 2.75) is 52.4 Å². The Labute approximate surface area is 190 Å². The van der Waals surface area contributed by atoms with Crippen LogP contribution in [0.15, 0.2) is 59.4 Å². The molecule has 0 spiro atoms. The molecule has 0 amide bonds. The van der Waals surface area contributed by atoms with Crippen molar-refractivity contribution >= 4 is 39.6 Å². The van der Waals surface area contributed by atoms with Gasteiger partial charge in [-0.2, -0.15) is 0 Å². The summed E-state index contributed by atoms with van der Waals surface area (Å²) in [6.45, 7) is 12.9. The minimum atomic E-state index is -0.207. The molecule has 32 heavy (non-hydrogen) atoms. The van der Waals surface area contributed by atoms with Crippen LogP contribution in [0, 0.1) is 0 Å². The zero-order chi connectivity index (χ0) is 23.0. The topological polar surface area (TPSA) is 31.2 Å². The number of hydrogen-bond donors (Lipinski definition) is 0. The molecule has 0 N–H and O–H groups in total. The summed E-state index contributed by atoms with van der Waals surface area (Å²) in [7, 11) is 1.75. The van der Waals surface area contributed by atoms with Crippen LogP contribution in [-0.4, -0.2) is 18.6 Å². The van der Waals surface area contributed by atoms with Crippen molar-refractivity contribution in [2.24, 2.45) is 0 Å². The molecule has 0 aliphatic carbocycles. The second-order valence-corrected chi connectivity index (χ2v) is 11.0. The zero-order valence-corrected chi connectivity index (χ0v) is 20.0. The summed E-state index contributed by atoms with van der Waals surface area (Å²) in [4.78, 5) is 13.9. The van der Waals surface area contributed by atoms with Crippen LogP contribution in [0.3, 0.4) is 0 Å². The number of rotatable bonds is 1. The molecule has 2 heterocycles. The van der Waals surface area contributed by atoms with Gasteiger partial charge in [0.1, 0.15) is 0 Å². The smallest absolute Gasteiger partial charge is 0.365 e. The number of nitrogens with zero attached hydrogens (tertiary/aromatic N) is 1. The van der Waals surface area contributed by atoms with Gasteiger partial charge in [-0.1, -0.05) is 71.9 Å². The average molecular weight is 423 g/mol. The highest BCUT2D eigenvalue weighted by molar-refractivity contribution is 6.83. The molecular formula is C28H30BNO2. The average Bonchev–Trinajstić information content (AvgIpc) is 2.74. The van der Waals surface area contributed by atoms with Gasteiger partial charge >= 0.3 is 6.92 Å². The van der Waals surface area contributed by atoms with Gasteiger partial charge in [0.15, 0.2) is 5.43 Å². The van der Waals surface area contributed by atoms with E-state index < -0.39 is 0 Å². The SMILES string of the molecule is COB1c2ccccc2-n2c3ccc(C(C)(C)C)cc3c(=O)c3cc(C(C)(C)C)cc1c32. The van der Waals surface area contributed by atoms with Gasteiger partial charge in [-0.15, -0.1) is 0 Å². The fraction of sp³-hybridized carbons (Fsp3) is 0.321. The van der Waals surface area contributed by atoms with E-state index in [4.69, 9.17) is 4.65 Å². The fourth-order valence-electron chi connectivity index (χ4n) is 4.94. The van der Waals surface area contributed by atoms with Crippen LogP contribution in [0.5, 0.6) is 0 Å². The Bertz CT molecular complexity index is 1450. The van der Waals surface area contributed by atoms with Crippen LogP contribution in [0.2, 0.25) is 0 Å². The van der Waals surface area contributed by atoms with Gasteiger partial charge in [-0.3, -0.25) is 4.79 Å². The van der Waals surface area contributed by atoms with Crippen LogP contribution >= 0.6 is 0 Å². The van der Waals surface area contributed by atoms with E-state index in [2.05, 4.69) is 101 Å². The van der Waals surface area contributed by atoms with Crippen LogP contribution in [0.1, 0.15) is 52.7 Å². The van der Waals surface area contributed by atoms with Crippen molar-refractivity contribution in [3.05, 3.63) is 75.9 Å². The second-order valence-electron chi connectivity index (χ2n) is 11.0. The fourth-order valence-corrected chi connectivity index (χ4v) is 4.94. The molecule has 4 heteroatoms. The minimum absolute atomic E-state index is 0.0328. The van der Waals surface area contributed by atoms with E-state index in [0.717, 1.165) is 44.0 Å². The van der Waals surface area contributed by atoms with Crippen LogP contribution in [-0.2, 0) is 15.5 Å². The van der Waals surface area contributed by atoms with Gasteiger partial charge in [0.05, 0.1) is 11.0 Å². The highest BCUT2D eigenvalue weighted by atomic mass is 16.4. The number of pyridine rings is 1. The molecule has 3 nitrogen and oxygen atoms in total. The monoisotopic (exact) mass is 423 g/mol. The normalized spacial score (nSPS) is 13.7. The highest BCUT2D eigenvalue weighted by Gasteiger charge is 2.34. The first kappa shape index (κ1) is 21.0. The van der Waals surface area contributed by atoms with Crippen LogP contribution in [0.25, 0.3) is 27.5 Å². The predicted molar refractivity (Wildman–Crippen MR) is 136 cm³/mol. The molecule has 1 aliphatic rings. The zero-order valence-electron chi connectivity index (χ0n) is 20.0. The lowest BCUT2D eigenvalue weighted by molar-refractivity contribution is 0.439. The van der Waals surface area contributed by atoms with Crippen LogP contribution < -0.4 is 16.4 Å². The Morgan fingerprint density at radius 2 is 1.44 bits per heavy atom. The van der Waals surface area contributed by atoms with E-state index in [1.54, 1.807) is 7.11 Å². The predicted octanol–water partition coefficient (Wildman–Crippen LogP) is 4.80. The molecule has 0 saturated carbocycles. The maximum Gasteiger partial charge on any atom is 0.365 e. The molecule has 5 rings (SSSR count). The van der Waals surface area contributed by atoms with Gasteiger partial charge < -0.3 is 9.22 Å². The lowest BCUT2D eigenvalue weighted by Gasteiger charge is -2.31. The Kier molecular flexibility index (Phi) is 4.48. The lowest BCUT2D eigenvalue weighted by Crippen LogP contribution is -2.50. The van der Waals surface area contributed by atoms with Gasteiger partial charge in [0, 0.05) is 23.6 Å². The van der Waals surface area contributed by atoms with Crippen molar-refractivity contribution in [2.75, 3.05) is 7.11 Å². The maximum absolute atomic E-state index is 13.9. The van der Waals surface area contributed by atoms with E-state index >= 15 is 0 Å². The van der Waals surface area contributed by atoms with Crippen molar-refractivity contribution in [3.63, 3.8) is 0 Å². The molecule has 0 atom stereocenters. The third-order valence-electron chi connectivity index (χ3n) is 6.80. The lowest BCUT2D eigenvalue weighted by atomic mass is 9.52. The Hall–Kier alpha value is -2.85. The number of hydrogen-bond acceptors (Lipinski definition) is 2. The van der Waals surface area contributed by atoms with Gasteiger partial charge in [-0.05, 0) is 57.1 Å². The van der Waals surface area contributed by atoms with E-state index in [1.165, 1.54) is 5.56 Å². The van der Waals surface area contributed by atoms with E-state index in [-0.39, 0.29) is 23.2 Å². The van der Waals surface area contributed by atoms with Gasteiger partial charge in [-0.25, -0.2) is 0 Å². The van der Waals surface area contributed by atoms with Gasteiger partial charge in [0.2, 0.25) is 0 Å². The van der Waals surface area contributed by atoms with Crippen molar-refractivity contribution in [3.8, 4) is 5.69 Å². The Morgan fingerprint density at radius 3 is 2.09 bits per heavy atom. The largest absolute Gasteiger partial charge is 0.430 e. The Morgan fingerprint density at radius 1 is 0.781 bits per heavy atom. The molecule has 4 aromatic rings. The molecule has 0 bridgehead atoms. The highest BCUT2D eigenvalue weighted by Crippen LogP contribution is 2.32. The molecule has 0 radical (unpaired) electrons. The molecule has 0 fully saturated rings. The molecule has 0 unspecified atom stereocenters. The molecule has 3 aromatic carbocycles. The van der Waals surface area contributed by atoms with Crippen molar-refractivity contribution in [1.82, 2.24) is 4.57 Å². The summed E-state index contributed by atoms with van der Waals surface area (Å²) in [5.41, 5.74) is 7.47. The number of aromatic nitrogens is 1. The molecule has 162 valence electrons. The number of benzene rings is 3. The number of para-hydroxylation sites is 1. The summed E-state index contributed by atoms with van der Waals surface area (Å²) in [5.74, 6) is 0. The maximum atomic E-state index is 13.9. The first-order chi connectivity index (χ1) is 15.0. The first-order valence-corrected chi connectivity index (χ1v) is 11.3. The van der Waals surface area contributed by atoms with E-state index in [1.807, 2.05) is 0 Å². The minimum Gasteiger partial charge on any atom is -0.430 e. The van der Waals surface area contributed by atoms with Crippen molar-refractivity contribution in [1.29, 1.82) is 0 Å². The quantitative estimate of drug-likeness (QED) is 0.325.